The molecule has 0 spiro atoms. The molecule has 1 heterocycles. The van der Waals surface area contributed by atoms with Crippen molar-refractivity contribution >= 4 is 10.8 Å². The van der Waals surface area contributed by atoms with Crippen molar-refractivity contribution in [3.8, 4) is 0 Å². The lowest BCUT2D eigenvalue weighted by molar-refractivity contribution is 0.382. The Labute approximate surface area is 113 Å². The summed E-state index contributed by atoms with van der Waals surface area (Å²) in [5.74, 6) is 3.05. The van der Waals surface area contributed by atoms with E-state index in [1.807, 2.05) is 12.1 Å². The molecule has 1 rings (SSSR count). The van der Waals surface area contributed by atoms with Gasteiger partial charge in [0, 0.05) is 22.1 Å². The SMILES string of the molecule is CCCCS(=O)Cc1ccc(CNC(C)(C)C)o1. The summed E-state index contributed by atoms with van der Waals surface area (Å²) >= 11 is 0. The monoisotopic (exact) mass is 271 g/mol. The quantitative estimate of drug-likeness (QED) is 0.828. The second kappa shape index (κ2) is 7.10. The molecule has 1 aromatic heterocycles. The highest BCUT2D eigenvalue weighted by Gasteiger charge is 2.11. The predicted molar refractivity (Wildman–Crippen MR) is 76.9 cm³/mol. The zero-order valence-electron chi connectivity index (χ0n) is 11.9. The van der Waals surface area contributed by atoms with Crippen molar-refractivity contribution in [1.29, 1.82) is 0 Å². The van der Waals surface area contributed by atoms with Crippen LogP contribution in [0, 0.1) is 0 Å². The van der Waals surface area contributed by atoms with Gasteiger partial charge in [-0.3, -0.25) is 4.21 Å². The molecule has 3 nitrogen and oxygen atoms in total. The van der Waals surface area contributed by atoms with Gasteiger partial charge in [-0.2, -0.15) is 0 Å². The molecule has 0 radical (unpaired) electrons. The van der Waals surface area contributed by atoms with Crippen molar-refractivity contribution in [1.82, 2.24) is 5.32 Å². The van der Waals surface area contributed by atoms with Crippen LogP contribution in [0.3, 0.4) is 0 Å². The topological polar surface area (TPSA) is 42.2 Å². The Hall–Kier alpha value is -0.610. The maximum absolute atomic E-state index is 11.7. The van der Waals surface area contributed by atoms with Crippen LogP contribution < -0.4 is 5.32 Å². The maximum Gasteiger partial charge on any atom is 0.118 e. The van der Waals surface area contributed by atoms with Crippen molar-refractivity contribution in [2.24, 2.45) is 0 Å². The fourth-order valence-corrected chi connectivity index (χ4v) is 2.71. The van der Waals surface area contributed by atoms with E-state index in [1.54, 1.807) is 0 Å². The molecular weight excluding hydrogens is 246 g/mol. The zero-order chi connectivity index (χ0) is 13.6. The number of unbranched alkanes of at least 4 members (excludes halogenated alkanes) is 1. The molecule has 0 bridgehead atoms. The Kier molecular flexibility index (Phi) is 6.09. The number of nitrogens with one attached hydrogen (secondary N) is 1. The van der Waals surface area contributed by atoms with E-state index in [0.717, 1.165) is 30.1 Å². The fraction of sp³-hybridized carbons (Fsp3) is 0.714. The summed E-state index contributed by atoms with van der Waals surface area (Å²) in [4.78, 5) is 0. The molecule has 1 unspecified atom stereocenters. The molecular formula is C14H25NO2S. The summed E-state index contributed by atoms with van der Waals surface area (Å²) < 4.78 is 17.4. The van der Waals surface area contributed by atoms with E-state index in [1.165, 1.54) is 0 Å². The highest BCUT2D eigenvalue weighted by molar-refractivity contribution is 7.84. The van der Waals surface area contributed by atoms with Crippen LogP contribution in [0.1, 0.15) is 52.1 Å². The normalized spacial score (nSPS) is 13.8. The second-order valence-corrected chi connectivity index (χ2v) is 7.19. The van der Waals surface area contributed by atoms with Crippen molar-refractivity contribution in [3.63, 3.8) is 0 Å². The van der Waals surface area contributed by atoms with Crippen LogP contribution in [-0.4, -0.2) is 15.5 Å². The largest absolute Gasteiger partial charge is 0.464 e. The van der Waals surface area contributed by atoms with E-state index in [9.17, 15) is 4.21 Å². The molecule has 0 aromatic carbocycles. The van der Waals surface area contributed by atoms with Crippen LogP contribution in [0.2, 0.25) is 0 Å². The molecule has 0 aliphatic carbocycles. The summed E-state index contributed by atoms with van der Waals surface area (Å²) in [6.45, 7) is 9.19. The molecule has 0 amide bonds. The summed E-state index contributed by atoms with van der Waals surface area (Å²) in [6, 6.07) is 3.90. The highest BCUT2D eigenvalue weighted by Crippen LogP contribution is 2.12. The van der Waals surface area contributed by atoms with Gasteiger partial charge < -0.3 is 9.73 Å². The predicted octanol–water partition coefficient (Wildman–Crippen LogP) is 3.22. The van der Waals surface area contributed by atoms with Gasteiger partial charge in [0.05, 0.1) is 12.3 Å². The van der Waals surface area contributed by atoms with Crippen molar-refractivity contribution in [2.45, 2.75) is 58.4 Å². The summed E-state index contributed by atoms with van der Waals surface area (Å²) in [6.07, 6.45) is 2.11. The Morgan fingerprint density at radius 3 is 2.56 bits per heavy atom. The molecule has 0 saturated heterocycles. The van der Waals surface area contributed by atoms with Gasteiger partial charge in [-0.1, -0.05) is 13.3 Å². The number of rotatable bonds is 7. The first-order valence-electron chi connectivity index (χ1n) is 6.58. The molecule has 0 aliphatic rings. The van der Waals surface area contributed by atoms with Gasteiger partial charge in [-0.05, 0) is 39.3 Å². The first kappa shape index (κ1) is 15.4. The molecule has 4 heteroatoms. The van der Waals surface area contributed by atoms with Crippen molar-refractivity contribution in [2.75, 3.05) is 5.75 Å². The van der Waals surface area contributed by atoms with E-state index >= 15 is 0 Å². The number of hydrogen-bond acceptors (Lipinski definition) is 3. The van der Waals surface area contributed by atoms with Crippen LogP contribution in [0.25, 0.3) is 0 Å². The highest BCUT2D eigenvalue weighted by atomic mass is 32.2. The van der Waals surface area contributed by atoms with E-state index in [0.29, 0.717) is 12.3 Å². The summed E-state index contributed by atoms with van der Waals surface area (Å²) in [7, 11) is -0.793. The molecule has 0 fully saturated rings. The van der Waals surface area contributed by atoms with E-state index in [-0.39, 0.29) is 5.54 Å². The smallest absolute Gasteiger partial charge is 0.118 e. The molecule has 1 N–H and O–H groups in total. The van der Waals surface area contributed by atoms with E-state index in [4.69, 9.17) is 4.42 Å². The average Bonchev–Trinajstić information content (AvgIpc) is 2.70. The van der Waals surface area contributed by atoms with Crippen LogP contribution >= 0.6 is 0 Å². The van der Waals surface area contributed by atoms with Gasteiger partial charge in [0.25, 0.3) is 0 Å². The Balaban J connectivity index is 2.41. The average molecular weight is 271 g/mol. The van der Waals surface area contributed by atoms with Gasteiger partial charge in [-0.15, -0.1) is 0 Å². The minimum absolute atomic E-state index is 0.0803. The standard InChI is InChI=1S/C14H25NO2S/c1-5-6-9-18(16)11-13-8-7-12(17-13)10-15-14(2,3)4/h7-8,15H,5-6,9-11H2,1-4H3. The fourth-order valence-electron chi connectivity index (χ4n) is 1.48. The first-order chi connectivity index (χ1) is 8.40. The third kappa shape index (κ3) is 6.36. The van der Waals surface area contributed by atoms with Crippen molar-refractivity contribution < 1.29 is 8.63 Å². The summed E-state index contributed by atoms with van der Waals surface area (Å²) in [5.41, 5.74) is 0.0803. The minimum atomic E-state index is -0.793. The first-order valence-corrected chi connectivity index (χ1v) is 8.07. The minimum Gasteiger partial charge on any atom is -0.464 e. The van der Waals surface area contributed by atoms with Gasteiger partial charge in [-0.25, -0.2) is 0 Å². The van der Waals surface area contributed by atoms with Crippen LogP contribution in [0.4, 0.5) is 0 Å². The van der Waals surface area contributed by atoms with Crippen LogP contribution in [0.15, 0.2) is 16.5 Å². The lowest BCUT2D eigenvalue weighted by Crippen LogP contribution is -2.34. The Bertz CT molecular complexity index is 379. The van der Waals surface area contributed by atoms with Gasteiger partial charge in [0.1, 0.15) is 11.5 Å². The van der Waals surface area contributed by atoms with Gasteiger partial charge in [0.2, 0.25) is 0 Å². The molecule has 1 aromatic rings. The Morgan fingerprint density at radius 2 is 1.94 bits per heavy atom. The molecule has 0 saturated carbocycles. The third-order valence-electron chi connectivity index (χ3n) is 2.54. The van der Waals surface area contributed by atoms with Crippen molar-refractivity contribution in [3.05, 3.63) is 23.7 Å². The number of hydrogen-bond donors (Lipinski definition) is 1. The molecule has 0 aliphatic heterocycles. The zero-order valence-corrected chi connectivity index (χ0v) is 12.7. The van der Waals surface area contributed by atoms with Crippen LogP contribution in [0.5, 0.6) is 0 Å². The lowest BCUT2D eigenvalue weighted by Gasteiger charge is -2.19. The lowest BCUT2D eigenvalue weighted by atomic mass is 10.1. The van der Waals surface area contributed by atoms with Crippen LogP contribution in [-0.2, 0) is 23.1 Å². The molecule has 1 atom stereocenters. The second-order valence-electron chi connectivity index (χ2n) is 5.61. The van der Waals surface area contributed by atoms with E-state index < -0.39 is 10.8 Å². The summed E-state index contributed by atoms with van der Waals surface area (Å²) in [5, 5.41) is 3.37. The third-order valence-corrected chi connectivity index (χ3v) is 3.89. The molecule has 104 valence electrons. The maximum atomic E-state index is 11.7. The van der Waals surface area contributed by atoms with Gasteiger partial charge in [0.15, 0.2) is 0 Å². The van der Waals surface area contributed by atoms with Gasteiger partial charge >= 0.3 is 0 Å². The Morgan fingerprint density at radius 1 is 1.28 bits per heavy atom. The molecule has 18 heavy (non-hydrogen) atoms. The van der Waals surface area contributed by atoms with E-state index in [2.05, 4.69) is 33.0 Å². The number of furan rings is 1.